The lowest BCUT2D eigenvalue weighted by atomic mass is 10.2. The number of halogens is 3. The minimum Gasteiger partial charge on any atom is -0.408 e. The maximum absolute atomic E-state index is 12.1. The van der Waals surface area contributed by atoms with Crippen molar-refractivity contribution in [1.82, 2.24) is 4.98 Å². The lowest BCUT2D eigenvalue weighted by Crippen LogP contribution is -2.17. The Morgan fingerprint density at radius 2 is 1.78 bits per heavy atom. The maximum atomic E-state index is 12.1. The molecule has 1 aromatic heterocycles. The monoisotopic (exact) mass is 366 g/mol. The highest BCUT2D eigenvalue weighted by Gasteiger charge is 2.12. The third-order valence-corrected chi connectivity index (χ3v) is 3.76. The second-order valence-corrected chi connectivity index (χ2v) is 5.90. The highest BCUT2D eigenvalue weighted by molar-refractivity contribution is 6.36. The van der Waals surface area contributed by atoms with Gasteiger partial charge in [0.1, 0.15) is 5.52 Å². The number of nitrogens with one attached hydrogen (secondary N) is 1. The Morgan fingerprint density at radius 1 is 1.04 bits per heavy atom. The van der Waals surface area contributed by atoms with Gasteiger partial charge in [0.15, 0.2) is 5.75 Å². The van der Waals surface area contributed by atoms with E-state index in [1.807, 2.05) is 0 Å². The molecule has 0 fully saturated rings. The third kappa shape index (κ3) is 3.67. The van der Waals surface area contributed by atoms with E-state index in [0.717, 1.165) is 0 Å². The van der Waals surface area contributed by atoms with Crippen molar-refractivity contribution in [3.05, 3.63) is 63.7 Å². The van der Waals surface area contributed by atoms with Gasteiger partial charge in [0.25, 0.3) is 0 Å². The summed E-state index contributed by atoms with van der Waals surface area (Å²) in [5.41, 5.74) is 0.929. The van der Waals surface area contributed by atoms with Gasteiger partial charge in [-0.1, -0.05) is 34.8 Å². The molecule has 23 heavy (non-hydrogen) atoms. The smallest absolute Gasteiger partial charge is 0.408 e. The molecule has 0 spiro atoms. The minimum absolute atomic E-state index is 0.302. The molecule has 0 radical (unpaired) electrons. The van der Waals surface area contributed by atoms with E-state index in [9.17, 15) is 4.79 Å². The summed E-state index contributed by atoms with van der Waals surface area (Å²) in [6, 6.07) is 11.5. The van der Waals surface area contributed by atoms with E-state index < -0.39 is 6.09 Å². The first-order chi connectivity index (χ1) is 11.0. The van der Waals surface area contributed by atoms with Gasteiger partial charge in [-0.2, -0.15) is 0 Å². The molecule has 1 N–H and O–H groups in total. The number of anilines is 1. The summed E-state index contributed by atoms with van der Waals surface area (Å²) in [5.74, 6) is 0.302. The highest BCUT2D eigenvalue weighted by Crippen LogP contribution is 2.30. The molecule has 0 atom stereocenters. The van der Waals surface area contributed by atoms with Crippen LogP contribution < -0.4 is 10.1 Å². The Kier molecular flexibility index (Phi) is 4.57. The summed E-state index contributed by atoms with van der Waals surface area (Å²) in [4.78, 5) is 16.3. The number of benzene rings is 2. The largest absolute Gasteiger partial charge is 0.417 e. The van der Waals surface area contributed by atoms with Crippen LogP contribution in [0.25, 0.3) is 10.9 Å². The SMILES string of the molecule is O=C(Nc1cc(Cl)cc(Cl)c1)Oc1ccc(Cl)c2cccnc12. The van der Waals surface area contributed by atoms with E-state index in [2.05, 4.69) is 10.3 Å². The summed E-state index contributed by atoms with van der Waals surface area (Å²) >= 11 is 17.9. The second kappa shape index (κ2) is 6.62. The molecular formula is C16H9Cl3N2O2. The van der Waals surface area contributed by atoms with Crippen LogP contribution in [0.4, 0.5) is 10.5 Å². The van der Waals surface area contributed by atoms with Crippen LogP contribution in [0, 0.1) is 0 Å². The standard InChI is InChI=1S/C16H9Cl3N2O2/c17-9-6-10(18)8-11(7-9)21-16(22)23-14-4-3-13(19)12-2-1-5-20-15(12)14/h1-8H,(H,21,22). The molecule has 0 saturated carbocycles. The summed E-state index contributed by atoms with van der Waals surface area (Å²) in [7, 11) is 0. The van der Waals surface area contributed by atoms with Crippen molar-refractivity contribution in [2.75, 3.05) is 5.32 Å². The first-order valence-corrected chi connectivity index (χ1v) is 7.64. The molecule has 3 aromatic rings. The van der Waals surface area contributed by atoms with Crippen LogP contribution >= 0.6 is 34.8 Å². The summed E-state index contributed by atoms with van der Waals surface area (Å²) < 4.78 is 5.31. The van der Waals surface area contributed by atoms with Gasteiger partial charge in [-0.15, -0.1) is 0 Å². The quantitative estimate of drug-likeness (QED) is 0.622. The normalized spacial score (nSPS) is 10.6. The predicted molar refractivity (Wildman–Crippen MR) is 92.9 cm³/mol. The predicted octanol–water partition coefficient (Wildman–Crippen LogP) is 5.81. The average molecular weight is 368 g/mol. The van der Waals surface area contributed by atoms with Crippen molar-refractivity contribution in [3.63, 3.8) is 0 Å². The van der Waals surface area contributed by atoms with Gasteiger partial charge < -0.3 is 4.74 Å². The zero-order valence-corrected chi connectivity index (χ0v) is 13.8. The number of carbonyl (C=O) groups excluding carboxylic acids is 1. The van der Waals surface area contributed by atoms with E-state index >= 15 is 0 Å². The van der Waals surface area contributed by atoms with Crippen LogP contribution in [0.15, 0.2) is 48.7 Å². The molecule has 0 saturated heterocycles. The van der Waals surface area contributed by atoms with Crippen LogP contribution in [-0.2, 0) is 0 Å². The van der Waals surface area contributed by atoms with E-state index in [-0.39, 0.29) is 0 Å². The molecule has 0 aliphatic heterocycles. The number of fused-ring (bicyclic) bond motifs is 1. The van der Waals surface area contributed by atoms with E-state index in [0.29, 0.717) is 37.4 Å². The number of aromatic nitrogens is 1. The van der Waals surface area contributed by atoms with Crippen LogP contribution in [0.3, 0.4) is 0 Å². The molecule has 1 amide bonds. The number of rotatable bonds is 2. The fourth-order valence-corrected chi connectivity index (χ4v) is 2.81. The number of pyridine rings is 1. The van der Waals surface area contributed by atoms with Crippen molar-refractivity contribution in [2.24, 2.45) is 0 Å². The van der Waals surface area contributed by atoms with Crippen LogP contribution in [0.5, 0.6) is 5.75 Å². The maximum Gasteiger partial charge on any atom is 0.417 e. The molecule has 116 valence electrons. The van der Waals surface area contributed by atoms with Crippen LogP contribution in [-0.4, -0.2) is 11.1 Å². The second-order valence-electron chi connectivity index (χ2n) is 4.62. The molecule has 4 nitrogen and oxygen atoms in total. The van der Waals surface area contributed by atoms with E-state index in [1.165, 1.54) is 0 Å². The Bertz CT molecular complexity index is 879. The lowest BCUT2D eigenvalue weighted by Gasteiger charge is -2.09. The number of nitrogens with zero attached hydrogens (tertiary/aromatic N) is 1. The minimum atomic E-state index is -0.683. The van der Waals surface area contributed by atoms with Gasteiger partial charge in [0.2, 0.25) is 0 Å². The Hall–Kier alpha value is -2.01. The third-order valence-electron chi connectivity index (χ3n) is 2.99. The van der Waals surface area contributed by atoms with Gasteiger partial charge in [-0.3, -0.25) is 10.3 Å². The lowest BCUT2D eigenvalue weighted by molar-refractivity contribution is 0.215. The number of hydrogen-bond acceptors (Lipinski definition) is 3. The van der Waals surface area contributed by atoms with Crippen LogP contribution in [0.2, 0.25) is 15.1 Å². The highest BCUT2D eigenvalue weighted by atomic mass is 35.5. The molecule has 1 heterocycles. The molecule has 0 aliphatic rings. The zero-order chi connectivity index (χ0) is 16.4. The van der Waals surface area contributed by atoms with Gasteiger partial charge in [-0.05, 0) is 42.5 Å². The Labute approximate surface area is 146 Å². The molecule has 0 unspecified atom stereocenters. The number of carbonyl (C=O) groups is 1. The van der Waals surface area contributed by atoms with Gasteiger partial charge in [-0.25, -0.2) is 4.79 Å². The number of hydrogen-bond donors (Lipinski definition) is 1. The first kappa shape index (κ1) is 15.9. The van der Waals surface area contributed by atoms with Gasteiger partial charge in [0, 0.05) is 27.3 Å². The molecule has 7 heteroatoms. The molecular weight excluding hydrogens is 359 g/mol. The van der Waals surface area contributed by atoms with Gasteiger partial charge >= 0.3 is 6.09 Å². The summed E-state index contributed by atoms with van der Waals surface area (Å²) in [5, 5.41) is 4.61. The van der Waals surface area contributed by atoms with Crippen molar-refractivity contribution >= 4 is 57.5 Å². The topological polar surface area (TPSA) is 51.2 Å². The number of ether oxygens (including phenoxy) is 1. The Morgan fingerprint density at radius 3 is 2.52 bits per heavy atom. The van der Waals surface area contributed by atoms with Crippen molar-refractivity contribution in [2.45, 2.75) is 0 Å². The van der Waals surface area contributed by atoms with Crippen molar-refractivity contribution in [3.8, 4) is 5.75 Å². The van der Waals surface area contributed by atoms with Crippen molar-refractivity contribution < 1.29 is 9.53 Å². The van der Waals surface area contributed by atoms with E-state index in [4.69, 9.17) is 39.5 Å². The summed E-state index contributed by atoms with van der Waals surface area (Å²) in [6.45, 7) is 0. The van der Waals surface area contributed by atoms with Crippen molar-refractivity contribution in [1.29, 1.82) is 0 Å². The number of amides is 1. The molecule has 3 rings (SSSR count). The van der Waals surface area contributed by atoms with Gasteiger partial charge in [0.05, 0.1) is 5.02 Å². The molecule has 2 aromatic carbocycles. The fourth-order valence-electron chi connectivity index (χ4n) is 2.06. The zero-order valence-electron chi connectivity index (χ0n) is 11.5. The fraction of sp³-hybridized carbons (Fsp3) is 0. The summed E-state index contributed by atoms with van der Waals surface area (Å²) in [6.07, 6.45) is 0.915. The molecule has 0 bridgehead atoms. The Balaban J connectivity index is 1.84. The average Bonchev–Trinajstić information content (AvgIpc) is 2.49. The van der Waals surface area contributed by atoms with E-state index in [1.54, 1.807) is 48.7 Å². The molecule has 0 aliphatic carbocycles. The van der Waals surface area contributed by atoms with Crippen LogP contribution in [0.1, 0.15) is 0 Å². The first-order valence-electron chi connectivity index (χ1n) is 6.51.